The van der Waals surface area contributed by atoms with Gasteiger partial charge in [0.15, 0.2) is 5.13 Å². The molecule has 0 aliphatic carbocycles. The average molecular weight is 307 g/mol. The summed E-state index contributed by atoms with van der Waals surface area (Å²) in [4.78, 5) is 19.6. The summed E-state index contributed by atoms with van der Waals surface area (Å²) >= 11 is 1.65. The van der Waals surface area contributed by atoms with Gasteiger partial charge in [0.05, 0.1) is 18.4 Å². The van der Waals surface area contributed by atoms with Gasteiger partial charge in [-0.1, -0.05) is 17.4 Å². The molecule has 7 heteroatoms. The van der Waals surface area contributed by atoms with Crippen LogP contribution in [0.3, 0.4) is 0 Å². The number of ether oxygens (including phenoxy) is 1. The number of aromatic nitrogens is 1. The molecule has 2 aromatic rings. The number of hydrogen-bond acceptors (Lipinski definition) is 6. The monoisotopic (exact) mass is 307 g/mol. The van der Waals surface area contributed by atoms with Crippen molar-refractivity contribution in [1.29, 1.82) is 0 Å². The van der Waals surface area contributed by atoms with Crippen molar-refractivity contribution in [3.63, 3.8) is 0 Å². The topological polar surface area (TPSA) is 65.9 Å². The number of thiazole rings is 1. The molecule has 0 bridgehead atoms. The summed E-state index contributed by atoms with van der Waals surface area (Å²) in [7, 11) is 1.65. The lowest BCUT2D eigenvalue weighted by atomic mass is 10.3. The lowest BCUT2D eigenvalue weighted by Gasteiger charge is -2.33. The fourth-order valence-electron chi connectivity index (χ4n) is 2.50. The van der Waals surface area contributed by atoms with E-state index in [9.17, 15) is 4.79 Å². The fraction of sp³-hybridized carbons (Fsp3) is 0.429. The third kappa shape index (κ3) is 2.93. The predicted molar refractivity (Wildman–Crippen MR) is 82.5 cm³/mol. The number of fused-ring (bicyclic) bond motifs is 1. The van der Waals surface area contributed by atoms with Crippen LogP contribution in [-0.4, -0.2) is 60.8 Å². The normalized spacial score (nSPS) is 16.3. The lowest BCUT2D eigenvalue weighted by Crippen LogP contribution is -2.47. The van der Waals surface area contributed by atoms with Crippen LogP contribution in [0.1, 0.15) is 0 Å². The van der Waals surface area contributed by atoms with Crippen molar-refractivity contribution in [3.8, 4) is 5.75 Å². The number of piperazine rings is 1. The number of methoxy groups -OCH3 is 1. The summed E-state index contributed by atoms with van der Waals surface area (Å²) in [6.07, 6.45) is 0. The van der Waals surface area contributed by atoms with Crippen molar-refractivity contribution in [2.75, 3.05) is 44.7 Å². The summed E-state index contributed by atoms with van der Waals surface area (Å²) in [6, 6.07) is 5.92. The van der Waals surface area contributed by atoms with Gasteiger partial charge in [-0.2, -0.15) is 0 Å². The Kier molecular flexibility index (Phi) is 3.94. The first kappa shape index (κ1) is 14.1. The third-order valence-corrected chi connectivity index (χ3v) is 4.67. The second-order valence-corrected chi connectivity index (χ2v) is 5.97. The molecule has 0 radical (unpaired) electrons. The molecule has 1 N–H and O–H groups in total. The molecule has 1 aromatic heterocycles. The zero-order chi connectivity index (χ0) is 14.8. The van der Waals surface area contributed by atoms with Gasteiger partial charge in [-0.25, -0.2) is 4.98 Å². The van der Waals surface area contributed by atoms with E-state index in [4.69, 9.17) is 9.84 Å². The largest absolute Gasteiger partial charge is 0.494 e. The number of para-hydroxylation sites is 1. The van der Waals surface area contributed by atoms with Gasteiger partial charge in [-0.05, 0) is 12.1 Å². The van der Waals surface area contributed by atoms with E-state index >= 15 is 0 Å². The number of nitrogens with zero attached hydrogens (tertiary/aromatic N) is 3. The number of carboxylic acid groups (broad SMARTS) is 1. The van der Waals surface area contributed by atoms with Gasteiger partial charge in [0.25, 0.3) is 0 Å². The highest BCUT2D eigenvalue weighted by molar-refractivity contribution is 7.22. The third-order valence-electron chi connectivity index (χ3n) is 3.59. The van der Waals surface area contributed by atoms with Gasteiger partial charge in [0.2, 0.25) is 0 Å². The van der Waals surface area contributed by atoms with Gasteiger partial charge >= 0.3 is 5.97 Å². The van der Waals surface area contributed by atoms with Crippen molar-refractivity contribution in [2.45, 2.75) is 0 Å². The van der Waals surface area contributed by atoms with Crippen molar-refractivity contribution in [2.24, 2.45) is 0 Å². The van der Waals surface area contributed by atoms with Gasteiger partial charge in [-0.15, -0.1) is 0 Å². The van der Waals surface area contributed by atoms with Crippen molar-refractivity contribution >= 4 is 32.7 Å². The smallest absolute Gasteiger partial charge is 0.317 e. The Morgan fingerprint density at radius 1 is 1.38 bits per heavy atom. The van der Waals surface area contributed by atoms with Crippen molar-refractivity contribution < 1.29 is 14.6 Å². The fourth-order valence-corrected chi connectivity index (χ4v) is 3.53. The van der Waals surface area contributed by atoms with Crippen LogP contribution in [0, 0.1) is 0 Å². The molecule has 0 atom stereocenters. The van der Waals surface area contributed by atoms with E-state index in [2.05, 4.69) is 9.88 Å². The zero-order valence-corrected chi connectivity index (χ0v) is 12.6. The molecule has 0 saturated carbocycles. The summed E-state index contributed by atoms with van der Waals surface area (Å²) < 4.78 is 6.45. The van der Waals surface area contributed by atoms with E-state index in [1.165, 1.54) is 0 Å². The minimum atomic E-state index is -0.770. The van der Waals surface area contributed by atoms with Crippen LogP contribution in [0.25, 0.3) is 10.2 Å². The second-order valence-electron chi connectivity index (χ2n) is 4.96. The maximum Gasteiger partial charge on any atom is 0.317 e. The Morgan fingerprint density at radius 2 is 2.14 bits per heavy atom. The Hall–Kier alpha value is -1.86. The number of carbonyl (C=O) groups is 1. The molecule has 2 heterocycles. The van der Waals surface area contributed by atoms with E-state index in [1.807, 2.05) is 23.1 Å². The number of carboxylic acids is 1. The molecule has 1 aromatic carbocycles. The number of aliphatic carboxylic acids is 1. The molecule has 1 fully saturated rings. The molecule has 21 heavy (non-hydrogen) atoms. The van der Waals surface area contributed by atoms with Gasteiger partial charge < -0.3 is 14.7 Å². The van der Waals surface area contributed by atoms with E-state index in [-0.39, 0.29) is 6.54 Å². The van der Waals surface area contributed by atoms with Crippen LogP contribution in [0.2, 0.25) is 0 Å². The summed E-state index contributed by atoms with van der Waals surface area (Å²) in [5, 5.41) is 9.80. The molecule has 1 aliphatic heterocycles. The summed E-state index contributed by atoms with van der Waals surface area (Å²) in [5.41, 5.74) is 0.896. The first-order chi connectivity index (χ1) is 10.2. The van der Waals surface area contributed by atoms with Crippen LogP contribution in [0.15, 0.2) is 18.2 Å². The first-order valence-electron chi connectivity index (χ1n) is 6.80. The molecular weight excluding hydrogens is 290 g/mol. The number of benzene rings is 1. The van der Waals surface area contributed by atoms with Crippen LogP contribution >= 0.6 is 11.3 Å². The van der Waals surface area contributed by atoms with Gasteiger partial charge in [0.1, 0.15) is 11.3 Å². The van der Waals surface area contributed by atoms with E-state index in [0.29, 0.717) is 0 Å². The zero-order valence-electron chi connectivity index (χ0n) is 11.8. The van der Waals surface area contributed by atoms with Crippen molar-refractivity contribution in [1.82, 2.24) is 9.88 Å². The molecule has 1 aliphatic rings. The van der Waals surface area contributed by atoms with E-state index in [1.54, 1.807) is 18.4 Å². The summed E-state index contributed by atoms with van der Waals surface area (Å²) in [5.74, 6) is 0.0210. The highest BCUT2D eigenvalue weighted by Crippen LogP contribution is 2.34. The summed E-state index contributed by atoms with van der Waals surface area (Å²) in [6.45, 7) is 3.21. The average Bonchev–Trinajstić information content (AvgIpc) is 2.91. The lowest BCUT2D eigenvalue weighted by molar-refractivity contribution is -0.138. The first-order valence-corrected chi connectivity index (χ1v) is 7.61. The molecular formula is C14H17N3O3S. The molecule has 6 nitrogen and oxygen atoms in total. The molecule has 3 rings (SSSR count). The molecule has 0 unspecified atom stereocenters. The predicted octanol–water partition coefficient (Wildman–Crippen LogP) is 1.51. The quantitative estimate of drug-likeness (QED) is 0.923. The Balaban J connectivity index is 1.75. The Bertz CT molecular complexity index is 650. The minimum Gasteiger partial charge on any atom is -0.494 e. The molecule has 1 saturated heterocycles. The van der Waals surface area contributed by atoms with E-state index < -0.39 is 5.97 Å². The number of rotatable bonds is 4. The van der Waals surface area contributed by atoms with Crippen molar-refractivity contribution in [3.05, 3.63) is 18.2 Å². The van der Waals surface area contributed by atoms with Crippen LogP contribution < -0.4 is 9.64 Å². The second kappa shape index (κ2) is 5.87. The Morgan fingerprint density at radius 3 is 2.81 bits per heavy atom. The Labute approximate surface area is 126 Å². The highest BCUT2D eigenvalue weighted by atomic mass is 32.1. The van der Waals surface area contributed by atoms with Crippen LogP contribution in [-0.2, 0) is 4.79 Å². The van der Waals surface area contributed by atoms with Crippen LogP contribution in [0.4, 0.5) is 5.13 Å². The molecule has 112 valence electrons. The number of anilines is 1. The van der Waals surface area contributed by atoms with E-state index in [0.717, 1.165) is 47.3 Å². The molecule has 0 spiro atoms. The number of hydrogen-bond donors (Lipinski definition) is 1. The molecule has 0 amide bonds. The van der Waals surface area contributed by atoms with Crippen LogP contribution in [0.5, 0.6) is 5.75 Å². The maximum atomic E-state index is 10.7. The highest BCUT2D eigenvalue weighted by Gasteiger charge is 2.21. The van der Waals surface area contributed by atoms with Gasteiger partial charge in [-0.3, -0.25) is 9.69 Å². The standard InChI is InChI=1S/C14H17N3O3S/c1-20-10-3-2-4-11-13(10)15-14(21-11)17-7-5-16(6-8-17)9-12(18)19/h2-4H,5-9H2,1H3,(H,18,19). The minimum absolute atomic E-state index is 0.113. The van der Waals surface area contributed by atoms with Gasteiger partial charge in [0, 0.05) is 26.2 Å². The maximum absolute atomic E-state index is 10.7. The SMILES string of the molecule is COc1cccc2sc(N3CCN(CC(=O)O)CC3)nc12.